The number of alkyl halides is 3. The summed E-state index contributed by atoms with van der Waals surface area (Å²) in [6, 6.07) is 8.61. The fraction of sp³-hybridized carbons (Fsp3) is 0.143. The minimum Gasteiger partial charge on any atom is -0.489 e. The summed E-state index contributed by atoms with van der Waals surface area (Å²) in [6.45, 7) is -5.24. The average Bonchev–Trinajstić information content (AvgIpc) is 2.44. The normalized spacial score (nSPS) is 11.7. The second kappa shape index (κ2) is 8.07. The van der Waals surface area contributed by atoms with E-state index in [1.807, 2.05) is 0 Å². The molecule has 0 aliphatic rings. The maximum atomic E-state index is 12.6. The van der Waals surface area contributed by atoms with E-state index >= 15 is 0 Å². The number of hydrogen-bond donors (Lipinski definition) is 0. The van der Waals surface area contributed by atoms with Gasteiger partial charge in [0, 0.05) is 0 Å². The molecule has 0 heterocycles. The second-order valence-corrected chi connectivity index (χ2v) is 4.63. The van der Waals surface area contributed by atoms with E-state index in [2.05, 4.69) is 0 Å². The van der Waals surface area contributed by atoms with Crippen molar-refractivity contribution in [2.75, 3.05) is 0 Å². The summed E-state index contributed by atoms with van der Waals surface area (Å²) >= 11 is 0. The monoisotopic (exact) mass is 358 g/mol. The molecule has 9 heteroatoms. The molecule has 0 amide bonds. The summed E-state index contributed by atoms with van der Waals surface area (Å²) in [7, 11) is 0. The fourth-order valence-corrected chi connectivity index (χ4v) is 1.76. The predicted molar refractivity (Wildman–Crippen MR) is 70.9 cm³/mol. The molecule has 0 saturated carbocycles. The number of benzene rings is 2. The van der Waals surface area contributed by atoms with Gasteiger partial charge < -0.3 is 17.7 Å². The first-order chi connectivity index (χ1) is 10.2. The van der Waals surface area contributed by atoms with Crippen LogP contribution in [0.2, 0.25) is 0 Å². The van der Waals surface area contributed by atoms with Crippen LogP contribution in [0.25, 0.3) is 0 Å². The van der Waals surface area contributed by atoms with E-state index in [4.69, 9.17) is 4.74 Å². The Labute approximate surface area is 171 Å². The van der Waals surface area contributed by atoms with Crippen molar-refractivity contribution in [2.45, 2.75) is 12.8 Å². The summed E-state index contributed by atoms with van der Waals surface area (Å²) in [5.41, 5.74) is -1.15. The van der Waals surface area contributed by atoms with Crippen LogP contribution in [0, 0.1) is 0 Å². The molecule has 118 valence electrons. The Morgan fingerprint density at radius 3 is 2.04 bits per heavy atom. The summed E-state index contributed by atoms with van der Waals surface area (Å²) in [6.07, 6.45) is -4.43. The Hall–Kier alpha value is -0.479. The van der Waals surface area contributed by atoms with Crippen molar-refractivity contribution in [1.29, 1.82) is 0 Å². The average molecular weight is 358 g/mol. The molecule has 0 aliphatic carbocycles. The zero-order valence-corrected chi connectivity index (χ0v) is 15.2. The smallest absolute Gasteiger partial charge is 0.489 e. The molecule has 0 aliphatic heterocycles. The van der Waals surface area contributed by atoms with Crippen LogP contribution in [0.15, 0.2) is 48.5 Å². The molecule has 0 spiro atoms. The van der Waals surface area contributed by atoms with Crippen LogP contribution >= 0.6 is 0 Å². The standard InChI is InChI=1S/C14H10BF6O.K/c16-14(17,18)11-6-4-10(5-7-11)9-22-13-3-1-2-12(8-13)15(19,20)21;/h1-8H,9H2;/q-1;+1. The van der Waals surface area contributed by atoms with Crippen LogP contribution < -0.4 is 61.6 Å². The maximum absolute atomic E-state index is 12.6. The molecule has 0 unspecified atom stereocenters. The van der Waals surface area contributed by atoms with Crippen molar-refractivity contribution < 1.29 is 82.2 Å². The van der Waals surface area contributed by atoms with Gasteiger partial charge in [0.05, 0.1) is 5.56 Å². The van der Waals surface area contributed by atoms with Gasteiger partial charge in [-0.1, -0.05) is 24.3 Å². The van der Waals surface area contributed by atoms with E-state index in [1.54, 1.807) is 0 Å². The first-order valence-electron chi connectivity index (χ1n) is 6.25. The van der Waals surface area contributed by atoms with Crippen molar-refractivity contribution in [3.05, 3.63) is 59.7 Å². The van der Waals surface area contributed by atoms with Gasteiger partial charge in [0.25, 0.3) is 0 Å². The molecule has 0 bridgehead atoms. The van der Waals surface area contributed by atoms with E-state index in [9.17, 15) is 26.1 Å². The number of halogens is 6. The van der Waals surface area contributed by atoms with Crippen molar-refractivity contribution in [1.82, 2.24) is 0 Å². The quantitative estimate of drug-likeness (QED) is 0.592. The minimum absolute atomic E-state index is 0. The van der Waals surface area contributed by atoms with Gasteiger partial charge in [0.15, 0.2) is 0 Å². The first kappa shape index (κ1) is 20.6. The summed E-state index contributed by atoms with van der Waals surface area (Å²) in [5, 5.41) is 0. The van der Waals surface area contributed by atoms with Crippen molar-refractivity contribution in [3.8, 4) is 5.75 Å². The molecular weight excluding hydrogens is 348 g/mol. The van der Waals surface area contributed by atoms with Crippen LogP contribution in [0.1, 0.15) is 11.1 Å². The summed E-state index contributed by atoms with van der Waals surface area (Å²) < 4.78 is 80.1. The van der Waals surface area contributed by atoms with Crippen molar-refractivity contribution in [2.24, 2.45) is 0 Å². The Morgan fingerprint density at radius 1 is 0.913 bits per heavy atom. The number of rotatable bonds is 4. The van der Waals surface area contributed by atoms with Gasteiger partial charge in [-0.15, -0.1) is 5.46 Å². The van der Waals surface area contributed by atoms with E-state index < -0.39 is 24.2 Å². The van der Waals surface area contributed by atoms with Crippen LogP contribution in [0.3, 0.4) is 0 Å². The third kappa shape index (κ3) is 6.15. The van der Waals surface area contributed by atoms with Crippen LogP contribution in [0.5, 0.6) is 5.75 Å². The van der Waals surface area contributed by atoms with Gasteiger partial charge in [-0.2, -0.15) is 13.2 Å². The topological polar surface area (TPSA) is 9.23 Å². The summed E-state index contributed by atoms with van der Waals surface area (Å²) in [5.74, 6) is 0.0107. The molecule has 0 radical (unpaired) electrons. The third-order valence-corrected chi connectivity index (χ3v) is 2.92. The maximum Gasteiger partial charge on any atom is 1.00 e. The molecule has 0 aromatic heterocycles. The molecule has 0 atom stereocenters. The minimum atomic E-state index is -5.12. The Kier molecular flexibility index (Phi) is 7.21. The zero-order valence-electron chi connectivity index (χ0n) is 12.1. The van der Waals surface area contributed by atoms with Crippen LogP contribution in [0.4, 0.5) is 26.1 Å². The van der Waals surface area contributed by atoms with E-state index in [0.717, 1.165) is 24.3 Å². The molecule has 2 rings (SSSR count). The van der Waals surface area contributed by atoms with Gasteiger partial charge in [0.2, 0.25) is 0 Å². The van der Waals surface area contributed by atoms with E-state index in [1.165, 1.54) is 24.3 Å². The second-order valence-electron chi connectivity index (χ2n) is 4.63. The summed E-state index contributed by atoms with van der Waals surface area (Å²) in [4.78, 5) is 0. The molecule has 0 N–H and O–H groups in total. The molecule has 23 heavy (non-hydrogen) atoms. The van der Waals surface area contributed by atoms with Gasteiger partial charge in [0.1, 0.15) is 12.4 Å². The third-order valence-electron chi connectivity index (χ3n) is 2.92. The molecule has 0 fully saturated rings. The first-order valence-corrected chi connectivity index (χ1v) is 6.25. The molecule has 1 nitrogen and oxygen atoms in total. The Bertz CT molecular complexity index is 639. The molecular formula is C14H10BF6KO. The van der Waals surface area contributed by atoms with Crippen molar-refractivity contribution >= 4 is 12.4 Å². The number of ether oxygens (including phenoxy) is 1. The Morgan fingerprint density at radius 2 is 1.52 bits per heavy atom. The van der Waals surface area contributed by atoms with E-state index in [-0.39, 0.29) is 63.7 Å². The molecule has 2 aromatic rings. The molecule has 0 saturated heterocycles. The van der Waals surface area contributed by atoms with Gasteiger partial charge >= 0.3 is 64.5 Å². The predicted octanol–water partition coefficient (Wildman–Crippen LogP) is 1.34. The van der Waals surface area contributed by atoms with Gasteiger partial charge in [-0.3, -0.25) is 0 Å². The SMILES string of the molecule is F[B-](F)(F)c1cccc(OCc2ccc(C(F)(F)F)cc2)c1.[K+]. The van der Waals surface area contributed by atoms with Crippen molar-refractivity contribution in [3.63, 3.8) is 0 Å². The zero-order chi connectivity index (χ0) is 16.4. The Balaban J connectivity index is 0.00000264. The van der Waals surface area contributed by atoms with E-state index in [0.29, 0.717) is 5.56 Å². The molecule has 2 aromatic carbocycles. The van der Waals surface area contributed by atoms with Gasteiger partial charge in [-0.25, -0.2) is 0 Å². The van der Waals surface area contributed by atoms with Gasteiger partial charge in [-0.05, 0) is 29.8 Å². The van der Waals surface area contributed by atoms with Crippen LogP contribution in [-0.2, 0) is 12.8 Å². The van der Waals surface area contributed by atoms with Crippen LogP contribution in [-0.4, -0.2) is 6.98 Å². The fourth-order valence-electron chi connectivity index (χ4n) is 1.76. The number of hydrogen-bond acceptors (Lipinski definition) is 1. The largest absolute Gasteiger partial charge is 1.00 e.